The van der Waals surface area contributed by atoms with Crippen LogP contribution in [-0.4, -0.2) is 52.1 Å². The Kier molecular flexibility index (Phi) is 6.98. The first-order chi connectivity index (χ1) is 15.4. The van der Waals surface area contributed by atoms with Crippen LogP contribution in [0.1, 0.15) is 36.4 Å². The summed E-state index contributed by atoms with van der Waals surface area (Å²) in [7, 11) is -3.69. The number of fused-ring (bicyclic) bond motifs is 1. The highest BCUT2D eigenvalue weighted by Crippen LogP contribution is 2.37. The maximum Gasteiger partial charge on any atom is 0.238 e. The molecule has 0 saturated carbocycles. The molecule has 0 aromatic heterocycles. The van der Waals surface area contributed by atoms with E-state index >= 15 is 0 Å². The number of ether oxygens (including phenoxy) is 2. The van der Waals surface area contributed by atoms with Crippen molar-refractivity contribution in [1.29, 1.82) is 0 Å². The van der Waals surface area contributed by atoms with E-state index in [0.29, 0.717) is 32.7 Å². The van der Waals surface area contributed by atoms with Gasteiger partial charge in [0, 0.05) is 19.0 Å². The number of carbonyl (C=O) groups is 1. The van der Waals surface area contributed by atoms with Crippen LogP contribution in [0, 0.1) is 0 Å². The summed E-state index contributed by atoms with van der Waals surface area (Å²) in [5, 5.41) is 8.08. The number of nitrogens with zero attached hydrogens (tertiary/aromatic N) is 1. The van der Waals surface area contributed by atoms with Crippen molar-refractivity contribution in [3.63, 3.8) is 0 Å². The van der Waals surface area contributed by atoms with Crippen LogP contribution in [0.15, 0.2) is 47.4 Å². The summed E-state index contributed by atoms with van der Waals surface area (Å²) in [6.45, 7) is 3.01. The molecule has 0 bridgehead atoms. The topological polar surface area (TPSA) is 111 Å². The number of likely N-dealkylation sites (tertiary alicyclic amines) is 1. The van der Waals surface area contributed by atoms with Gasteiger partial charge in [0.1, 0.15) is 0 Å². The van der Waals surface area contributed by atoms with Crippen molar-refractivity contribution >= 4 is 15.9 Å². The zero-order valence-corrected chi connectivity index (χ0v) is 18.8. The lowest BCUT2D eigenvalue weighted by Gasteiger charge is -2.25. The van der Waals surface area contributed by atoms with Crippen molar-refractivity contribution in [2.45, 2.75) is 36.6 Å². The second-order valence-corrected chi connectivity index (χ2v) is 9.74. The SMILES string of the molecule is NS(=O)(=O)c1ccc(CCNC(=O)CN2CCC[C@@H]2c2ccc3c(c2)OCCCO3)cc1. The molecule has 1 amide bonds. The van der Waals surface area contributed by atoms with E-state index in [0.717, 1.165) is 48.4 Å². The van der Waals surface area contributed by atoms with E-state index < -0.39 is 10.0 Å². The first-order valence-electron chi connectivity index (χ1n) is 10.9. The molecule has 0 spiro atoms. The Balaban J connectivity index is 1.30. The van der Waals surface area contributed by atoms with Gasteiger partial charge in [0.15, 0.2) is 11.5 Å². The summed E-state index contributed by atoms with van der Waals surface area (Å²) >= 11 is 0. The van der Waals surface area contributed by atoms with Crippen LogP contribution in [0.3, 0.4) is 0 Å². The number of hydrogen-bond acceptors (Lipinski definition) is 6. The summed E-state index contributed by atoms with van der Waals surface area (Å²) < 4.78 is 34.2. The van der Waals surface area contributed by atoms with E-state index in [1.54, 1.807) is 12.1 Å². The Morgan fingerprint density at radius 2 is 1.81 bits per heavy atom. The van der Waals surface area contributed by atoms with Crippen molar-refractivity contribution in [3.8, 4) is 11.5 Å². The van der Waals surface area contributed by atoms with Gasteiger partial charge in [-0.05, 0) is 61.2 Å². The van der Waals surface area contributed by atoms with E-state index in [2.05, 4.69) is 16.3 Å². The minimum atomic E-state index is -3.69. The summed E-state index contributed by atoms with van der Waals surface area (Å²) in [5.41, 5.74) is 2.08. The summed E-state index contributed by atoms with van der Waals surface area (Å²) in [6.07, 6.45) is 3.53. The molecule has 0 aliphatic carbocycles. The van der Waals surface area contributed by atoms with Crippen LogP contribution in [-0.2, 0) is 21.2 Å². The van der Waals surface area contributed by atoms with Gasteiger partial charge >= 0.3 is 0 Å². The molecule has 2 aromatic carbocycles. The Hall–Kier alpha value is -2.62. The molecule has 1 fully saturated rings. The predicted molar refractivity (Wildman–Crippen MR) is 120 cm³/mol. The molecule has 1 atom stereocenters. The van der Waals surface area contributed by atoms with Gasteiger partial charge in [-0.3, -0.25) is 9.69 Å². The van der Waals surface area contributed by atoms with Gasteiger partial charge in [0.2, 0.25) is 15.9 Å². The van der Waals surface area contributed by atoms with Gasteiger partial charge in [-0.15, -0.1) is 0 Å². The molecule has 2 aromatic rings. The smallest absolute Gasteiger partial charge is 0.238 e. The Morgan fingerprint density at radius 1 is 1.06 bits per heavy atom. The average molecular weight is 460 g/mol. The highest BCUT2D eigenvalue weighted by Gasteiger charge is 2.28. The number of hydrogen-bond donors (Lipinski definition) is 2. The Bertz CT molecular complexity index is 1060. The van der Waals surface area contributed by atoms with Crippen molar-refractivity contribution in [2.75, 3.05) is 32.8 Å². The van der Waals surface area contributed by atoms with Crippen LogP contribution >= 0.6 is 0 Å². The van der Waals surface area contributed by atoms with E-state index in [-0.39, 0.29) is 16.8 Å². The second kappa shape index (κ2) is 9.89. The van der Waals surface area contributed by atoms with Crippen molar-refractivity contribution < 1.29 is 22.7 Å². The molecule has 3 N–H and O–H groups in total. The standard InChI is InChI=1S/C23H29N3O5S/c24-32(28,29)19-7-4-17(5-8-19)10-11-25-23(27)16-26-12-1-3-20(26)18-6-9-21-22(15-18)31-14-2-13-30-21/h4-9,15,20H,1-3,10-14,16H2,(H,25,27)(H2,24,28,29)/t20-/m1/s1. The molecule has 9 heteroatoms. The van der Waals surface area contributed by atoms with Crippen LogP contribution in [0.25, 0.3) is 0 Å². The zero-order valence-electron chi connectivity index (χ0n) is 18.0. The fourth-order valence-corrected chi connectivity index (χ4v) is 4.73. The molecule has 8 nitrogen and oxygen atoms in total. The number of carbonyl (C=O) groups excluding carboxylic acids is 1. The summed E-state index contributed by atoms with van der Waals surface area (Å²) in [5.74, 6) is 1.54. The number of nitrogens with two attached hydrogens (primary N) is 1. The van der Waals surface area contributed by atoms with Crippen LogP contribution in [0.5, 0.6) is 11.5 Å². The number of nitrogens with one attached hydrogen (secondary N) is 1. The normalized spacial score (nSPS) is 18.8. The van der Waals surface area contributed by atoms with Crippen molar-refractivity contribution in [1.82, 2.24) is 10.2 Å². The van der Waals surface area contributed by atoms with E-state index in [1.165, 1.54) is 12.1 Å². The minimum Gasteiger partial charge on any atom is -0.490 e. The quantitative estimate of drug-likeness (QED) is 0.655. The van der Waals surface area contributed by atoms with Gasteiger partial charge in [0.25, 0.3) is 0 Å². The fourth-order valence-electron chi connectivity index (χ4n) is 4.21. The third kappa shape index (κ3) is 5.59. The van der Waals surface area contributed by atoms with Gasteiger partial charge in [0.05, 0.1) is 24.7 Å². The average Bonchev–Trinajstić information content (AvgIpc) is 3.08. The molecular weight excluding hydrogens is 430 g/mol. The Labute approximate surface area is 188 Å². The molecule has 2 aliphatic heterocycles. The molecule has 2 aliphatic rings. The second-order valence-electron chi connectivity index (χ2n) is 8.17. The zero-order chi connectivity index (χ0) is 22.6. The van der Waals surface area contributed by atoms with E-state index in [9.17, 15) is 13.2 Å². The molecular formula is C23H29N3O5S. The monoisotopic (exact) mass is 459 g/mol. The third-order valence-electron chi connectivity index (χ3n) is 5.85. The lowest BCUT2D eigenvalue weighted by atomic mass is 10.0. The summed E-state index contributed by atoms with van der Waals surface area (Å²) in [6, 6.07) is 12.7. The minimum absolute atomic E-state index is 0.0209. The summed E-state index contributed by atoms with van der Waals surface area (Å²) in [4.78, 5) is 14.8. The van der Waals surface area contributed by atoms with Gasteiger partial charge in [-0.25, -0.2) is 13.6 Å². The maximum absolute atomic E-state index is 12.5. The molecule has 32 heavy (non-hydrogen) atoms. The molecule has 4 rings (SSSR count). The van der Waals surface area contributed by atoms with Crippen LogP contribution in [0.2, 0.25) is 0 Å². The fraction of sp³-hybridized carbons (Fsp3) is 0.435. The molecule has 2 heterocycles. The third-order valence-corrected chi connectivity index (χ3v) is 6.78. The van der Waals surface area contributed by atoms with Crippen molar-refractivity contribution in [2.24, 2.45) is 5.14 Å². The number of amides is 1. The number of primary sulfonamides is 1. The van der Waals surface area contributed by atoms with Gasteiger partial charge < -0.3 is 14.8 Å². The van der Waals surface area contributed by atoms with Crippen LogP contribution < -0.4 is 19.9 Å². The highest BCUT2D eigenvalue weighted by atomic mass is 32.2. The van der Waals surface area contributed by atoms with Gasteiger partial charge in [-0.2, -0.15) is 0 Å². The lowest BCUT2D eigenvalue weighted by Crippen LogP contribution is -2.37. The first kappa shape index (κ1) is 22.6. The Morgan fingerprint density at radius 3 is 2.56 bits per heavy atom. The largest absolute Gasteiger partial charge is 0.490 e. The molecule has 0 radical (unpaired) electrons. The number of rotatable bonds is 7. The van der Waals surface area contributed by atoms with E-state index in [4.69, 9.17) is 14.6 Å². The predicted octanol–water partition coefficient (Wildman–Crippen LogP) is 1.99. The van der Waals surface area contributed by atoms with Crippen LogP contribution in [0.4, 0.5) is 0 Å². The lowest BCUT2D eigenvalue weighted by molar-refractivity contribution is -0.122. The van der Waals surface area contributed by atoms with Crippen molar-refractivity contribution in [3.05, 3.63) is 53.6 Å². The molecule has 172 valence electrons. The van der Waals surface area contributed by atoms with Gasteiger partial charge in [-0.1, -0.05) is 18.2 Å². The number of benzene rings is 2. The molecule has 0 unspecified atom stereocenters. The molecule has 1 saturated heterocycles. The first-order valence-corrected chi connectivity index (χ1v) is 12.5. The number of sulfonamides is 1. The maximum atomic E-state index is 12.5. The van der Waals surface area contributed by atoms with E-state index in [1.807, 2.05) is 12.1 Å². The highest BCUT2D eigenvalue weighted by molar-refractivity contribution is 7.89.